The third-order valence-corrected chi connectivity index (χ3v) is 2.55. The largest absolute Gasteiger partial charge is 0.495 e. The lowest BCUT2D eigenvalue weighted by molar-refractivity contribution is 0.410. The Morgan fingerprint density at radius 2 is 2.08 bits per heavy atom. The summed E-state index contributed by atoms with van der Waals surface area (Å²) < 4.78 is 5.05. The SMILES string of the molecule is CCC(C)(C)c1ccc(OC)cn1. The van der Waals surface area contributed by atoms with Crippen LogP contribution >= 0.6 is 0 Å². The highest BCUT2D eigenvalue weighted by molar-refractivity contribution is 5.23. The van der Waals surface area contributed by atoms with Gasteiger partial charge >= 0.3 is 0 Å². The van der Waals surface area contributed by atoms with E-state index in [4.69, 9.17) is 4.74 Å². The van der Waals surface area contributed by atoms with E-state index in [1.165, 1.54) is 0 Å². The van der Waals surface area contributed by atoms with Gasteiger partial charge in [0.1, 0.15) is 5.75 Å². The summed E-state index contributed by atoms with van der Waals surface area (Å²) in [4.78, 5) is 4.37. The number of rotatable bonds is 3. The van der Waals surface area contributed by atoms with Crippen molar-refractivity contribution >= 4 is 0 Å². The third-order valence-electron chi connectivity index (χ3n) is 2.55. The van der Waals surface area contributed by atoms with Crippen LogP contribution in [0.1, 0.15) is 32.9 Å². The molecule has 13 heavy (non-hydrogen) atoms. The lowest BCUT2D eigenvalue weighted by Crippen LogP contribution is -2.16. The minimum Gasteiger partial charge on any atom is -0.495 e. The molecule has 0 atom stereocenters. The highest BCUT2D eigenvalue weighted by atomic mass is 16.5. The highest BCUT2D eigenvalue weighted by Gasteiger charge is 2.19. The van der Waals surface area contributed by atoms with Crippen LogP contribution in [0.2, 0.25) is 0 Å². The van der Waals surface area contributed by atoms with Gasteiger partial charge in [-0.25, -0.2) is 0 Å². The Labute approximate surface area is 80.0 Å². The van der Waals surface area contributed by atoms with E-state index in [0.717, 1.165) is 17.9 Å². The molecule has 2 nitrogen and oxygen atoms in total. The summed E-state index contributed by atoms with van der Waals surface area (Å²) in [5, 5.41) is 0. The van der Waals surface area contributed by atoms with E-state index < -0.39 is 0 Å². The zero-order valence-corrected chi connectivity index (χ0v) is 8.79. The Hall–Kier alpha value is -1.05. The molecule has 0 aromatic carbocycles. The van der Waals surface area contributed by atoms with E-state index in [1.54, 1.807) is 13.3 Å². The predicted octanol–water partition coefficient (Wildman–Crippen LogP) is 2.78. The van der Waals surface area contributed by atoms with Crippen molar-refractivity contribution in [3.05, 3.63) is 24.0 Å². The molecule has 0 aliphatic rings. The summed E-state index contributed by atoms with van der Waals surface area (Å²) in [6.07, 6.45) is 2.86. The third kappa shape index (κ3) is 2.20. The van der Waals surface area contributed by atoms with Crippen LogP contribution in [0.5, 0.6) is 5.75 Å². The van der Waals surface area contributed by atoms with Gasteiger partial charge in [0.05, 0.1) is 13.3 Å². The average molecular weight is 179 g/mol. The zero-order valence-electron chi connectivity index (χ0n) is 8.79. The van der Waals surface area contributed by atoms with Gasteiger partial charge in [0.25, 0.3) is 0 Å². The van der Waals surface area contributed by atoms with Crippen LogP contribution in [0.15, 0.2) is 18.3 Å². The van der Waals surface area contributed by atoms with E-state index in [1.807, 2.05) is 12.1 Å². The van der Waals surface area contributed by atoms with Gasteiger partial charge in [-0.1, -0.05) is 20.8 Å². The van der Waals surface area contributed by atoms with E-state index in [0.29, 0.717) is 0 Å². The van der Waals surface area contributed by atoms with Crippen LogP contribution in [-0.2, 0) is 5.41 Å². The fourth-order valence-electron chi connectivity index (χ4n) is 1.08. The van der Waals surface area contributed by atoms with Crippen LogP contribution in [0.3, 0.4) is 0 Å². The van der Waals surface area contributed by atoms with Crippen LogP contribution in [0.4, 0.5) is 0 Å². The number of methoxy groups -OCH3 is 1. The van der Waals surface area contributed by atoms with E-state index in [9.17, 15) is 0 Å². The van der Waals surface area contributed by atoms with Crippen LogP contribution < -0.4 is 4.74 Å². The Bertz CT molecular complexity index is 264. The molecule has 0 N–H and O–H groups in total. The quantitative estimate of drug-likeness (QED) is 0.711. The smallest absolute Gasteiger partial charge is 0.137 e. The topological polar surface area (TPSA) is 22.1 Å². The fraction of sp³-hybridized carbons (Fsp3) is 0.545. The van der Waals surface area contributed by atoms with E-state index in [-0.39, 0.29) is 5.41 Å². The second-order valence-corrected chi connectivity index (χ2v) is 3.82. The molecule has 1 aromatic heterocycles. The number of aromatic nitrogens is 1. The molecule has 0 amide bonds. The number of hydrogen-bond donors (Lipinski definition) is 0. The maximum Gasteiger partial charge on any atom is 0.137 e. The molecule has 72 valence electrons. The van der Waals surface area contributed by atoms with E-state index in [2.05, 4.69) is 25.8 Å². The molecular formula is C11H17NO. The Balaban J connectivity index is 2.92. The first-order valence-electron chi connectivity index (χ1n) is 4.60. The molecule has 0 spiro atoms. The summed E-state index contributed by atoms with van der Waals surface area (Å²) in [5.41, 5.74) is 1.28. The number of nitrogens with zero attached hydrogens (tertiary/aromatic N) is 1. The minimum absolute atomic E-state index is 0.159. The molecule has 0 fully saturated rings. The molecule has 1 aromatic rings. The lowest BCUT2D eigenvalue weighted by atomic mass is 9.86. The van der Waals surface area contributed by atoms with Crippen LogP contribution in [0, 0.1) is 0 Å². The van der Waals surface area contributed by atoms with Crippen molar-refractivity contribution in [3.63, 3.8) is 0 Å². The monoisotopic (exact) mass is 179 g/mol. The minimum atomic E-state index is 0.159. The normalized spacial score (nSPS) is 11.4. The summed E-state index contributed by atoms with van der Waals surface area (Å²) in [7, 11) is 1.65. The Morgan fingerprint density at radius 3 is 2.46 bits per heavy atom. The highest BCUT2D eigenvalue weighted by Crippen LogP contribution is 2.25. The first kappa shape index (κ1) is 10.0. The maximum atomic E-state index is 5.05. The Kier molecular flexibility index (Phi) is 2.91. The van der Waals surface area contributed by atoms with Gasteiger partial charge in [0.2, 0.25) is 0 Å². The molecule has 0 saturated heterocycles. The first-order valence-corrected chi connectivity index (χ1v) is 4.60. The van der Waals surface area contributed by atoms with Crippen molar-refractivity contribution in [2.24, 2.45) is 0 Å². The zero-order chi connectivity index (χ0) is 9.90. The molecule has 0 aliphatic carbocycles. The van der Waals surface area contributed by atoms with Gasteiger partial charge < -0.3 is 4.74 Å². The van der Waals surface area contributed by atoms with Crippen LogP contribution in [-0.4, -0.2) is 12.1 Å². The van der Waals surface area contributed by atoms with Crippen molar-refractivity contribution in [2.75, 3.05) is 7.11 Å². The molecule has 0 aliphatic heterocycles. The molecule has 0 radical (unpaired) electrons. The summed E-state index contributed by atoms with van der Waals surface area (Å²) in [6, 6.07) is 3.99. The average Bonchev–Trinajstić information content (AvgIpc) is 2.18. The number of hydrogen-bond acceptors (Lipinski definition) is 2. The Morgan fingerprint density at radius 1 is 1.38 bits per heavy atom. The summed E-state index contributed by atoms with van der Waals surface area (Å²) >= 11 is 0. The van der Waals surface area contributed by atoms with Crippen LogP contribution in [0.25, 0.3) is 0 Å². The molecule has 0 unspecified atom stereocenters. The second-order valence-electron chi connectivity index (χ2n) is 3.82. The lowest BCUT2D eigenvalue weighted by Gasteiger charge is -2.21. The summed E-state index contributed by atoms with van der Waals surface area (Å²) in [6.45, 7) is 6.57. The number of ether oxygens (including phenoxy) is 1. The van der Waals surface area contributed by atoms with Gasteiger partial charge in [-0.2, -0.15) is 0 Å². The van der Waals surface area contributed by atoms with Gasteiger partial charge in [0.15, 0.2) is 0 Å². The van der Waals surface area contributed by atoms with E-state index >= 15 is 0 Å². The van der Waals surface area contributed by atoms with Crippen molar-refractivity contribution < 1.29 is 4.74 Å². The molecule has 0 bridgehead atoms. The standard InChI is InChI=1S/C11H17NO/c1-5-11(2,3)10-7-6-9(13-4)8-12-10/h6-8H,5H2,1-4H3. The molecule has 1 rings (SSSR count). The molecular weight excluding hydrogens is 162 g/mol. The van der Waals surface area contributed by atoms with Gasteiger partial charge in [-0.05, 0) is 18.6 Å². The van der Waals surface area contributed by atoms with Crippen molar-refractivity contribution in [3.8, 4) is 5.75 Å². The maximum absolute atomic E-state index is 5.05. The second kappa shape index (κ2) is 3.77. The first-order chi connectivity index (χ1) is 6.10. The molecule has 2 heteroatoms. The predicted molar refractivity (Wildman–Crippen MR) is 54.1 cm³/mol. The van der Waals surface area contributed by atoms with Crippen molar-refractivity contribution in [1.82, 2.24) is 4.98 Å². The molecule has 0 saturated carbocycles. The summed E-state index contributed by atoms with van der Waals surface area (Å²) in [5.74, 6) is 0.815. The van der Waals surface area contributed by atoms with Gasteiger partial charge in [0, 0.05) is 11.1 Å². The number of pyridine rings is 1. The molecule has 1 heterocycles. The fourth-order valence-corrected chi connectivity index (χ4v) is 1.08. The van der Waals surface area contributed by atoms with Crippen molar-refractivity contribution in [2.45, 2.75) is 32.6 Å². The van der Waals surface area contributed by atoms with Crippen molar-refractivity contribution in [1.29, 1.82) is 0 Å². The van der Waals surface area contributed by atoms with Gasteiger partial charge in [-0.15, -0.1) is 0 Å². The van der Waals surface area contributed by atoms with Gasteiger partial charge in [-0.3, -0.25) is 4.98 Å².